The number of hydrogen-bond acceptors (Lipinski definition) is 2. The Morgan fingerprint density at radius 2 is 1.75 bits per heavy atom. The van der Waals surface area contributed by atoms with E-state index in [1.807, 2.05) is 7.05 Å². The van der Waals surface area contributed by atoms with E-state index in [9.17, 15) is 4.79 Å². The first-order chi connectivity index (χ1) is 9.34. The quantitative estimate of drug-likeness (QED) is 0.812. The summed E-state index contributed by atoms with van der Waals surface area (Å²) in [5, 5.41) is 8.72. The molecule has 1 aromatic carbocycles. The maximum absolute atomic E-state index is 11.9. The first-order valence-electron chi connectivity index (χ1n) is 7.29. The second-order valence-electron chi connectivity index (χ2n) is 6.38. The summed E-state index contributed by atoms with van der Waals surface area (Å²) < 4.78 is 0. The Kier molecular flexibility index (Phi) is 6.21. The summed E-state index contributed by atoms with van der Waals surface area (Å²) in [5.74, 6) is 0.137. The molecule has 20 heavy (non-hydrogen) atoms. The van der Waals surface area contributed by atoms with E-state index in [0.717, 1.165) is 12.0 Å². The minimum atomic E-state index is 0.137. The molecule has 3 heteroatoms. The number of amides is 1. The van der Waals surface area contributed by atoms with Crippen LogP contribution in [0.5, 0.6) is 0 Å². The van der Waals surface area contributed by atoms with Gasteiger partial charge in [0.15, 0.2) is 0 Å². The number of nitrogens with zero attached hydrogens (tertiary/aromatic N) is 1. The van der Waals surface area contributed by atoms with Gasteiger partial charge in [-0.05, 0) is 29.4 Å². The highest BCUT2D eigenvalue weighted by atomic mass is 16.3. The Hall–Kier alpha value is -1.35. The van der Waals surface area contributed by atoms with Gasteiger partial charge in [-0.15, -0.1) is 0 Å². The van der Waals surface area contributed by atoms with Gasteiger partial charge in [-0.1, -0.05) is 45.0 Å². The number of aliphatic hydroxyl groups is 1. The van der Waals surface area contributed by atoms with E-state index in [1.165, 1.54) is 5.56 Å². The van der Waals surface area contributed by atoms with Crippen LogP contribution in [0, 0.1) is 0 Å². The SMILES string of the molecule is CN(Cc1ccc(C(C)(C)C)cc1)C(=O)CCCCO. The minimum absolute atomic E-state index is 0.137. The topological polar surface area (TPSA) is 40.5 Å². The van der Waals surface area contributed by atoms with Crippen molar-refractivity contribution < 1.29 is 9.90 Å². The van der Waals surface area contributed by atoms with E-state index in [-0.39, 0.29) is 17.9 Å². The molecule has 0 bridgehead atoms. The van der Waals surface area contributed by atoms with E-state index in [2.05, 4.69) is 45.0 Å². The Morgan fingerprint density at radius 3 is 2.25 bits per heavy atom. The standard InChI is InChI=1S/C17H27NO2/c1-17(2,3)15-10-8-14(9-11-15)13-18(4)16(20)7-5-6-12-19/h8-11,19H,5-7,12-13H2,1-4H3. The molecule has 1 amide bonds. The molecule has 0 atom stereocenters. The van der Waals surface area contributed by atoms with Gasteiger partial charge in [0.05, 0.1) is 0 Å². The molecule has 0 fully saturated rings. The van der Waals surface area contributed by atoms with Gasteiger partial charge in [0.25, 0.3) is 0 Å². The molecule has 1 aromatic rings. The van der Waals surface area contributed by atoms with Crippen LogP contribution >= 0.6 is 0 Å². The molecule has 112 valence electrons. The van der Waals surface area contributed by atoms with Gasteiger partial charge in [-0.2, -0.15) is 0 Å². The molecule has 0 radical (unpaired) electrons. The van der Waals surface area contributed by atoms with Gasteiger partial charge < -0.3 is 10.0 Å². The van der Waals surface area contributed by atoms with Crippen molar-refractivity contribution in [1.29, 1.82) is 0 Å². The monoisotopic (exact) mass is 277 g/mol. The molecule has 0 aliphatic carbocycles. The highest BCUT2D eigenvalue weighted by Gasteiger charge is 2.13. The number of carbonyl (C=O) groups is 1. The second kappa shape index (κ2) is 7.44. The van der Waals surface area contributed by atoms with Gasteiger partial charge in [-0.25, -0.2) is 0 Å². The third-order valence-electron chi connectivity index (χ3n) is 3.46. The number of benzene rings is 1. The zero-order valence-corrected chi connectivity index (χ0v) is 13.1. The maximum Gasteiger partial charge on any atom is 0.222 e. The average molecular weight is 277 g/mol. The summed E-state index contributed by atoms with van der Waals surface area (Å²) in [6, 6.07) is 8.47. The van der Waals surface area contributed by atoms with Crippen LogP contribution in [0.2, 0.25) is 0 Å². The number of rotatable bonds is 6. The maximum atomic E-state index is 11.9. The van der Waals surface area contributed by atoms with Crippen LogP contribution in [0.25, 0.3) is 0 Å². The predicted octanol–water partition coefficient (Wildman–Crippen LogP) is 3.11. The van der Waals surface area contributed by atoms with Crippen molar-refractivity contribution in [1.82, 2.24) is 4.90 Å². The predicted molar refractivity (Wildman–Crippen MR) is 82.6 cm³/mol. The minimum Gasteiger partial charge on any atom is -0.396 e. The molecular weight excluding hydrogens is 250 g/mol. The Labute approximate surface area is 122 Å². The summed E-state index contributed by atoms with van der Waals surface area (Å²) in [5.41, 5.74) is 2.61. The Morgan fingerprint density at radius 1 is 1.15 bits per heavy atom. The summed E-state index contributed by atoms with van der Waals surface area (Å²) >= 11 is 0. The fourth-order valence-corrected chi connectivity index (χ4v) is 2.05. The number of hydrogen-bond donors (Lipinski definition) is 1. The zero-order chi connectivity index (χ0) is 15.2. The van der Waals surface area contributed by atoms with Crippen molar-refractivity contribution in [3.63, 3.8) is 0 Å². The summed E-state index contributed by atoms with van der Waals surface area (Å²) in [7, 11) is 1.83. The molecule has 1 rings (SSSR count). The summed E-state index contributed by atoms with van der Waals surface area (Å²) in [6.07, 6.45) is 1.96. The lowest BCUT2D eigenvalue weighted by atomic mass is 9.87. The summed E-state index contributed by atoms with van der Waals surface area (Å²) in [6.45, 7) is 7.38. The molecule has 1 N–H and O–H groups in total. The highest BCUT2D eigenvalue weighted by Crippen LogP contribution is 2.22. The van der Waals surface area contributed by atoms with Gasteiger partial charge in [0.1, 0.15) is 0 Å². The van der Waals surface area contributed by atoms with Crippen molar-refractivity contribution in [2.45, 2.75) is 52.0 Å². The van der Waals surface area contributed by atoms with Crippen molar-refractivity contribution in [2.24, 2.45) is 0 Å². The van der Waals surface area contributed by atoms with Crippen LogP contribution in [0.1, 0.15) is 51.2 Å². The molecule has 0 aliphatic rings. The van der Waals surface area contributed by atoms with Crippen molar-refractivity contribution in [3.05, 3.63) is 35.4 Å². The molecule has 0 aromatic heterocycles. The van der Waals surface area contributed by atoms with Gasteiger partial charge >= 0.3 is 0 Å². The molecular formula is C17H27NO2. The van der Waals surface area contributed by atoms with E-state index in [1.54, 1.807) is 4.90 Å². The Bertz CT molecular complexity index is 418. The number of unbranched alkanes of at least 4 members (excludes halogenated alkanes) is 1. The van der Waals surface area contributed by atoms with Gasteiger partial charge in [0, 0.05) is 26.6 Å². The fraction of sp³-hybridized carbons (Fsp3) is 0.588. The van der Waals surface area contributed by atoms with Gasteiger partial charge in [0.2, 0.25) is 5.91 Å². The van der Waals surface area contributed by atoms with Crippen molar-refractivity contribution >= 4 is 5.91 Å². The molecule has 0 saturated heterocycles. The third-order valence-corrected chi connectivity index (χ3v) is 3.46. The first-order valence-corrected chi connectivity index (χ1v) is 7.29. The number of aliphatic hydroxyl groups excluding tert-OH is 1. The highest BCUT2D eigenvalue weighted by molar-refractivity contribution is 5.75. The van der Waals surface area contributed by atoms with Crippen LogP contribution in [-0.4, -0.2) is 29.6 Å². The van der Waals surface area contributed by atoms with E-state index < -0.39 is 0 Å². The largest absolute Gasteiger partial charge is 0.396 e. The van der Waals surface area contributed by atoms with Crippen LogP contribution < -0.4 is 0 Å². The first kappa shape index (κ1) is 16.7. The molecule has 0 saturated carbocycles. The lowest BCUT2D eigenvalue weighted by Crippen LogP contribution is -2.26. The third kappa shape index (κ3) is 5.33. The normalized spacial score (nSPS) is 11.4. The van der Waals surface area contributed by atoms with E-state index >= 15 is 0 Å². The van der Waals surface area contributed by atoms with Crippen LogP contribution in [0.4, 0.5) is 0 Å². The average Bonchev–Trinajstić information content (AvgIpc) is 2.38. The van der Waals surface area contributed by atoms with Crippen LogP contribution in [0.15, 0.2) is 24.3 Å². The zero-order valence-electron chi connectivity index (χ0n) is 13.1. The number of carbonyl (C=O) groups excluding carboxylic acids is 1. The van der Waals surface area contributed by atoms with Gasteiger partial charge in [-0.3, -0.25) is 4.79 Å². The second-order valence-corrected chi connectivity index (χ2v) is 6.38. The van der Waals surface area contributed by atoms with Crippen molar-refractivity contribution in [3.8, 4) is 0 Å². The lowest BCUT2D eigenvalue weighted by Gasteiger charge is -2.21. The smallest absolute Gasteiger partial charge is 0.222 e. The lowest BCUT2D eigenvalue weighted by molar-refractivity contribution is -0.130. The van der Waals surface area contributed by atoms with Crippen molar-refractivity contribution in [2.75, 3.05) is 13.7 Å². The summed E-state index contributed by atoms with van der Waals surface area (Å²) in [4.78, 5) is 13.6. The Balaban J connectivity index is 2.53. The van der Waals surface area contributed by atoms with E-state index in [4.69, 9.17) is 5.11 Å². The fourth-order valence-electron chi connectivity index (χ4n) is 2.05. The molecule has 0 spiro atoms. The van der Waals surface area contributed by atoms with Crippen LogP contribution in [-0.2, 0) is 16.8 Å². The molecule has 0 aliphatic heterocycles. The molecule has 0 unspecified atom stereocenters. The molecule has 0 heterocycles. The van der Waals surface area contributed by atoms with E-state index in [0.29, 0.717) is 19.4 Å². The molecule has 3 nitrogen and oxygen atoms in total. The van der Waals surface area contributed by atoms with Crippen LogP contribution in [0.3, 0.4) is 0 Å².